The Morgan fingerprint density at radius 3 is 2.36 bits per heavy atom. The maximum Gasteiger partial charge on any atom is 0.349 e. The fourth-order valence-corrected chi connectivity index (χ4v) is 2.51. The summed E-state index contributed by atoms with van der Waals surface area (Å²) < 4.78 is 10.6. The lowest BCUT2D eigenvalue weighted by Gasteiger charge is -2.09. The molecule has 0 saturated carbocycles. The molecule has 0 N–H and O–H groups in total. The van der Waals surface area contributed by atoms with Crippen molar-refractivity contribution in [2.24, 2.45) is 0 Å². The number of nitro groups is 1. The number of nitro benzene ring substituents is 1. The van der Waals surface area contributed by atoms with Crippen molar-refractivity contribution in [3.05, 3.63) is 75.8 Å². The smallest absolute Gasteiger partial charge is 0.349 e. The molecule has 126 valence electrons. The predicted molar refractivity (Wildman–Crippen MR) is 93.2 cm³/mol. The van der Waals surface area contributed by atoms with Gasteiger partial charge in [-0.15, -0.1) is 0 Å². The number of rotatable bonds is 5. The Balaban J connectivity index is 1.67. The minimum absolute atomic E-state index is 0.0532. The Hall–Kier alpha value is -3.12. The standard InChI is InChI=1S/C18H12ClNO5/c19-16-9-10-17(15-4-2-1-3-14(15)16)25-18(21)11-24-13-7-5-12(6-8-13)20(22)23/h1-10H,11H2. The van der Waals surface area contributed by atoms with Crippen molar-refractivity contribution in [2.45, 2.75) is 0 Å². The molecule has 0 saturated heterocycles. The minimum Gasteiger partial charge on any atom is -0.482 e. The van der Waals surface area contributed by atoms with Gasteiger partial charge in [-0.1, -0.05) is 35.9 Å². The molecule has 0 bridgehead atoms. The molecule has 6 nitrogen and oxygen atoms in total. The van der Waals surface area contributed by atoms with Gasteiger partial charge in [0.15, 0.2) is 6.61 Å². The van der Waals surface area contributed by atoms with Crippen LogP contribution in [-0.4, -0.2) is 17.5 Å². The molecule has 0 spiro atoms. The molecule has 0 radical (unpaired) electrons. The number of hydrogen-bond donors (Lipinski definition) is 0. The van der Waals surface area contributed by atoms with E-state index in [1.165, 1.54) is 24.3 Å². The van der Waals surface area contributed by atoms with Gasteiger partial charge >= 0.3 is 5.97 Å². The average Bonchev–Trinajstić information content (AvgIpc) is 2.63. The highest BCUT2D eigenvalue weighted by Crippen LogP contribution is 2.31. The van der Waals surface area contributed by atoms with Gasteiger partial charge in [-0.2, -0.15) is 0 Å². The van der Waals surface area contributed by atoms with E-state index in [4.69, 9.17) is 21.1 Å². The van der Waals surface area contributed by atoms with E-state index in [0.717, 1.165) is 10.8 Å². The Morgan fingerprint density at radius 1 is 1.00 bits per heavy atom. The first-order chi connectivity index (χ1) is 12.0. The largest absolute Gasteiger partial charge is 0.482 e. The van der Waals surface area contributed by atoms with Crippen LogP contribution in [-0.2, 0) is 4.79 Å². The predicted octanol–water partition coefficient (Wildman–Crippen LogP) is 4.39. The molecule has 0 aliphatic rings. The number of halogens is 1. The first-order valence-corrected chi connectivity index (χ1v) is 7.67. The van der Waals surface area contributed by atoms with Gasteiger partial charge in [-0.05, 0) is 24.3 Å². The van der Waals surface area contributed by atoms with Gasteiger partial charge < -0.3 is 9.47 Å². The van der Waals surface area contributed by atoms with Gasteiger partial charge in [0.1, 0.15) is 11.5 Å². The maximum absolute atomic E-state index is 12.0. The summed E-state index contributed by atoms with van der Waals surface area (Å²) in [6.45, 7) is -0.325. The number of esters is 1. The second-order valence-electron chi connectivity index (χ2n) is 5.10. The monoisotopic (exact) mass is 357 g/mol. The van der Waals surface area contributed by atoms with Crippen molar-refractivity contribution in [3.8, 4) is 11.5 Å². The number of non-ortho nitro benzene ring substituents is 1. The fourth-order valence-electron chi connectivity index (χ4n) is 2.28. The van der Waals surface area contributed by atoms with Crippen molar-refractivity contribution in [3.63, 3.8) is 0 Å². The van der Waals surface area contributed by atoms with Crippen molar-refractivity contribution in [2.75, 3.05) is 6.61 Å². The number of nitrogens with zero attached hydrogens (tertiary/aromatic N) is 1. The lowest BCUT2D eigenvalue weighted by molar-refractivity contribution is -0.384. The van der Waals surface area contributed by atoms with E-state index in [9.17, 15) is 14.9 Å². The zero-order valence-electron chi connectivity index (χ0n) is 12.8. The molecular formula is C18H12ClNO5. The van der Waals surface area contributed by atoms with Crippen molar-refractivity contribution in [1.29, 1.82) is 0 Å². The van der Waals surface area contributed by atoms with E-state index in [1.54, 1.807) is 18.2 Å². The van der Waals surface area contributed by atoms with Gasteiger partial charge in [-0.3, -0.25) is 10.1 Å². The van der Waals surface area contributed by atoms with Gasteiger partial charge in [0, 0.05) is 27.9 Å². The highest BCUT2D eigenvalue weighted by molar-refractivity contribution is 6.35. The van der Waals surface area contributed by atoms with E-state index in [1.807, 2.05) is 18.2 Å². The second-order valence-corrected chi connectivity index (χ2v) is 5.51. The van der Waals surface area contributed by atoms with Crippen LogP contribution < -0.4 is 9.47 Å². The molecule has 25 heavy (non-hydrogen) atoms. The quantitative estimate of drug-likeness (QED) is 0.293. The summed E-state index contributed by atoms with van der Waals surface area (Å²) in [6.07, 6.45) is 0. The van der Waals surface area contributed by atoms with Crippen molar-refractivity contribution in [1.82, 2.24) is 0 Å². The lowest BCUT2D eigenvalue weighted by Crippen LogP contribution is -2.17. The number of carbonyl (C=O) groups is 1. The van der Waals surface area contributed by atoms with Crippen molar-refractivity contribution < 1.29 is 19.2 Å². The molecule has 0 aromatic heterocycles. The summed E-state index contributed by atoms with van der Waals surface area (Å²) in [6, 6.07) is 16.0. The summed E-state index contributed by atoms with van der Waals surface area (Å²) >= 11 is 6.13. The van der Waals surface area contributed by atoms with Crippen LogP contribution in [0.25, 0.3) is 10.8 Å². The molecule has 0 unspecified atom stereocenters. The fraction of sp³-hybridized carbons (Fsp3) is 0.0556. The molecule has 0 amide bonds. The third-order valence-corrected chi connectivity index (χ3v) is 3.79. The number of fused-ring (bicyclic) bond motifs is 1. The highest BCUT2D eigenvalue weighted by Gasteiger charge is 2.11. The SMILES string of the molecule is O=C(COc1ccc([N+](=O)[O-])cc1)Oc1ccc(Cl)c2ccccc12. The molecular weight excluding hydrogens is 346 g/mol. The summed E-state index contributed by atoms with van der Waals surface area (Å²) in [4.78, 5) is 22.1. The van der Waals surface area contributed by atoms with Crippen LogP contribution in [0.3, 0.4) is 0 Å². The molecule has 0 aliphatic carbocycles. The summed E-state index contributed by atoms with van der Waals surface area (Å²) in [5.74, 6) is 0.131. The molecule has 0 atom stereocenters. The summed E-state index contributed by atoms with van der Waals surface area (Å²) in [7, 11) is 0. The van der Waals surface area contributed by atoms with Gasteiger partial charge in [-0.25, -0.2) is 4.79 Å². The third kappa shape index (κ3) is 3.87. The molecule has 7 heteroatoms. The Morgan fingerprint density at radius 2 is 1.68 bits per heavy atom. The van der Waals surface area contributed by atoms with Crippen LogP contribution in [0.2, 0.25) is 5.02 Å². The van der Waals surface area contributed by atoms with E-state index in [2.05, 4.69) is 0 Å². The second kappa shape index (κ2) is 7.19. The number of carbonyl (C=O) groups excluding carboxylic acids is 1. The Kier molecular flexibility index (Phi) is 4.81. The van der Waals surface area contributed by atoms with Gasteiger partial charge in [0.25, 0.3) is 5.69 Å². The Labute approximate surface area is 147 Å². The molecule has 0 fully saturated rings. The van der Waals surface area contributed by atoms with Crippen LogP contribution in [0.5, 0.6) is 11.5 Å². The molecule has 0 heterocycles. The van der Waals surface area contributed by atoms with E-state index >= 15 is 0 Å². The lowest BCUT2D eigenvalue weighted by atomic mass is 10.1. The molecule has 3 aromatic rings. The van der Waals surface area contributed by atoms with E-state index < -0.39 is 10.9 Å². The highest BCUT2D eigenvalue weighted by atomic mass is 35.5. The van der Waals surface area contributed by atoms with Crippen LogP contribution in [0.4, 0.5) is 5.69 Å². The Bertz CT molecular complexity index is 940. The zero-order chi connectivity index (χ0) is 17.8. The average molecular weight is 358 g/mol. The molecule has 3 rings (SSSR count). The summed E-state index contributed by atoms with van der Waals surface area (Å²) in [5.41, 5.74) is -0.0532. The van der Waals surface area contributed by atoms with Crippen molar-refractivity contribution >= 4 is 34.0 Å². The van der Waals surface area contributed by atoms with Crippen LogP contribution in [0.1, 0.15) is 0 Å². The zero-order valence-corrected chi connectivity index (χ0v) is 13.6. The first kappa shape index (κ1) is 16.7. The number of ether oxygens (including phenoxy) is 2. The van der Waals surface area contributed by atoms with E-state index in [0.29, 0.717) is 16.5 Å². The van der Waals surface area contributed by atoms with Gasteiger partial charge in [0.05, 0.1) is 4.92 Å². The van der Waals surface area contributed by atoms with E-state index in [-0.39, 0.29) is 12.3 Å². The number of benzene rings is 3. The third-order valence-electron chi connectivity index (χ3n) is 3.46. The maximum atomic E-state index is 12.0. The minimum atomic E-state index is -0.592. The van der Waals surface area contributed by atoms with Crippen LogP contribution >= 0.6 is 11.6 Å². The topological polar surface area (TPSA) is 78.7 Å². The van der Waals surface area contributed by atoms with Crippen LogP contribution in [0, 0.1) is 10.1 Å². The number of hydrogen-bond acceptors (Lipinski definition) is 5. The summed E-state index contributed by atoms with van der Waals surface area (Å²) in [5, 5.41) is 12.7. The molecule has 0 aliphatic heterocycles. The molecule has 3 aromatic carbocycles. The normalized spacial score (nSPS) is 10.4. The first-order valence-electron chi connectivity index (χ1n) is 7.30. The van der Waals surface area contributed by atoms with Gasteiger partial charge in [0.2, 0.25) is 0 Å². The van der Waals surface area contributed by atoms with Crippen LogP contribution in [0.15, 0.2) is 60.7 Å².